The van der Waals surface area contributed by atoms with Gasteiger partial charge in [-0.25, -0.2) is 8.78 Å². The van der Waals surface area contributed by atoms with Gasteiger partial charge in [-0.3, -0.25) is 0 Å². The molecule has 0 aliphatic carbocycles. The van der Waals surface area contributed by atoms with E-state index in [0.717, 1.165) is 6.42 Å². The number of rotatable bonds is 4. The first-order chi connectivity index (χ1) is 9.11. The van der Waals surface area contributed by atoms with Crippen LogP contribution in [0.1, 0.15) is 18.9 Å². The first-order valence-electron chi connectivity index (χ1n) is 6.68. The monoisotopic (exact) mass is 270 g/mol. The first kappa shape index (κ1) is 14.2. The quantitative estimate of drug-likeness (QED) is 0.910. The SMILES string of the molecule is CCC(N)Cc1cc(F)c(N2CCOCC2)c(F)c1. The van der Waals surface area contributed by atoms with Crippen LogP contribution in [0.3, 0.4) is 0 Å². The summed E-state index contributed by atoms with van der Waals surface area (Å²) in [6, 6.07) is 2.72. The lowest BCUT2D eigenvalue weighted by Gasteiger charge is -2.29. The van der Waals surface area contributed by atoms with Gasteiger partial charge in [0.15, 0.2) is 0 Å². The first-order valence-corrected chi connectivity index (χ1v) is 6.68. The molecular formula is C14H20F2N2O. The van der Waals surface area contributed by atoms with Gasteiger partial charge in [-0.1, -0.05) is 6.92 Å². The molecule has 1 unspecified atom stereocenters. The number of ether oxygens (including phenoxy) is 1. The predicted molar refractivity (Wildman–Crippen MR) is 71.4 cm³/mol. The van der Waals surface area contributed by atoms with Gasteiger partial charge in [-0.05, 0) is 30.5 Å². The molecule has 0 aromatic heterocycles. The average Bonchev–Trinajstić information content (AvgIpc) is 2.39. The highest BCUT2D eigenvalue weighted by molar-refractivity contribution is 5.51. The van der Waals surface area contributed by atoms with E-state index in [1.165, 1.54) is 12.1 Å². The lowest BCUT2D eigenvalue weighted by molar-refractivity contribution is 0.122. The van der Waals surface area contributed by atoms with Crippen molar-refractivity contribution in [2.45, 2.75) is 25.8 Å². The Balaban J connectivity index is 2.21. The highest BCUT2D eigenvalue weighted by Gasteiger charge is 2.20. The summed E-state index contributed by atoms with van der Waals surface area (Å²) in [7, 11) is 0. The smallest absolute Gasteiger partial charge is 0.149 e. The Morgan fingerprint density at radius 3 is 2.37 bits per heavy atom. The zero-order valence-electron chi connectivity index (χ0n) is 11.2. The molecule has 0 radical (unpaired) electrons. The number of anilines is 1. The Hall–Kier alpha value is -1.20. The summed E-state index contributed by atoms with van der Waals surface area (Å²) in [6.45, 7) is 3.99. The predicted octanol–water partition coefficient (Wildman–Crippen LogP) is 2.08. The number of halogens is 2. The molecular weight excluding hydrogens is 250 g/mol. The molecule has 1 aliphatic rings. The molecule has 106 valence electrons. The van der Waals surface area contributed by atoms with Gasteiger partial charge >= 0.3 is 0 Å². The molecule has 0 bridgehead atoms. The minimum atomic E-state index is -0.514. The van der Waals surface area contributed by atoms with Crippen molar-refractivity contribution in [1.82, 2.24) is 0 Å². The highest BCUT2D eigenvalue weighted by Crippen LogP contribution is 2.26. The molecule has 1 aromatic carbocycles. The Kier molecular flexibility index (Phi) is 4.71. The van der Waals surface area contributed by atoms with Crippen molar-refractivity contribution in [1.29, 1.82) is 0 Å². The summed E-state index contributed by atoms with van der Waals surface area (Å²) >= 11 is 0. The van der Waals surface area contributed by atoms with E-state index in [-0.39, 0.29) is 11.7 Å². The fourth-order valence-electron chi connectivity index (χ4n) is 2.27. The number of hydrogen-bond donors (Lipinski definition) is 1. The molecule has 1 saturated heterocycles. The largest absolute Gasteiger partial charge is 0.378 e. The van der Waals surface area contributed by atoms with Crippen LogP contribution >= 0.6 is 0 Å². The Bertz CT molecular complexity index is 410. The van der Waals surface area contributed by atoms with E-state index in [9.17, 15) is 8.78 Å². The molecule has 1 heterocycles. The van der Waals surface area contributed by atoms with Crippen LogP contribution in [0.25, 0.3) is 0 Å². The van der Waals surface area contributed by atoms with Crippen molar-refractivity contribution in [3.8, 4) is 0 Å². The number of morpholine rings is 1. The topological polar surface area (TPSA) is 38.5 Å². The maximum Gasteiger partial charge on any atom is 0.149 e. The number of nitrogens with two attached hydrogens (primary N) is 1. The third-order valence-corrected chi connectivity index (χ3v) is 3.43. The molecule has 0 spiro atoms. The summed E-state index contributed by atoms with van der Waals surface area (Å²) in [5, 5.41) is 0. The van der Waals surface area contributed by atoms with Gasteiger partial charge in [-0.2, -0.15) is 0 Å². The fourth-order valence-corrected chi connectivity index (χ4v) is 2.27. The van der Waals surface area contributed by atoms with E-state index in [1.807, 2.05) is 6.92 Å². The summed E-state index contributed by atoms with van der Waals surface area (Å²) in [4.78, 5) is 1.69. The van der Waals surface area contributed by atoms with Crippen LogP contribution in [0.15, 0.2) is 12.1 Å². The van der Waals surface area contributed by atoms with Gasteiger partial charge in [0.1, 0.15) is 17.3 Å². The van der Waals surface area contributed by atoms with E-state index < -0.39 is 11.6 Å². The van der Waals surface area contributed by atoms with Crippen molar-refractivity contribution in [2.75, 3.05) is 31.2 Å². The van der Waals surface area contributed by atoms with Crippen LogP contribution < -0.4 is 10.6 Å². The normalized spacial score (nSPS) is 17.6. The number of nitrogens with zero attached hydrogens (tertiary/aromatic N) is 1. The van der Waals surface area contributed by atoms with Gasteiger partial charge in [0, 0.05) is 19.1 Å². The lowest BCUT2D eigenvalue weighted by atomic mass is 10.0. The average molecular weight is 270 g/mol. The molecule has 5 heteroatoms. The molecule has 0 saturated carbocycles. The van der Waals surface area contributed by atoms with Crippen molar-refractivity contribution in [3.05, 3.63) is 29.3 Å². The lowest BCUT2D eigenvalue weighted by Crippen LogP contribution is -2.37. The molecule has 3 nitrogen and oxygen atoms in total. The van der Waals surface area contributed by atoms with Gasteiger partial charge in [0.2, 0.25) is 0 Å². The third kappa shape index (κ3) is 3.42. The maximum absolute atomic E-state index is 14.1. The van der Waals surface area contributed by atoms with Gasteiger partial charge in [-0.15, -0.1) is 0 Å². The summed E-state index contributed by atoms with van der Waals surface area (Å²) in [5.74, 6) is -1.03. The second kappa shape index (κ2) is 6.30. The van der Waals surface area contributed by atoms with Crippen molar-refractivity contribution in [2.24, 2.45) is 5.73 Å². The number of benzene rings is 1. The van der Waals surface area contributed by atoms with Crippen LogP contribution in [0, 0.1) is 11.6 Å². The fraction of sp³-hybridized carbons (Fsp3) is 0.571. The summed E-state index contributed by atoms with van der Waals surface area (Å²) in [5.41, 5.74) is 6.48. The number of hydrogen-bond acceptors (Lipinski definition) is 3. The molecule has 1 fully saturated rings. The molecule has 1 aromatic rings. The van der Waals surface area contributed by atoms with Gasteiger partial charge in [0.25, 0.3) is 0 Å². The minimum absolute atomic E-state index is 0.0529. The zero-order chi connectivity index (χ0) is 13.8. The standard InChI is InChI=1S/C14H20F2N2O/c1-2-11(17)7-10-8-12(15)14(13(16)9-10)18-3-5-19-6-4-18/h8-9,11H,2-7,17H2,1H3. The second-order valence-corrected chi connectivity index (χ2v) is 4.88. The van der Waals surface area contributed by atoms with Crippen LogP contribution in [0.2, 0.25) is 0 Å². The van der Waals surface area contributed by atoms with Crippen LogP contribution in [0.4, 0.5) is 14.5 Å². The van der Waals surface area contributed by atoms with Crippen molar-refractivity contribution in [3.63, 3.8) is 0 Å². The van der Waals surface area contributed by atoms with Crippen LogP contribution in [-0.2, 0) is 11.2 Å². The van der Waals surface area contributed by atoms with Crippen molar-refractivity contribution < 1.29 is 13.5 Å². The van der Waals surface area contributed by atoms with Gasteiger partial charge in [0.05, 0.1) is 13.2 Å². The third-order valence-electron chi connectivity index (χ3n) is 3.43. The van der Waals surface area contributed by atoms with E-state index >= 15 is 0 Å². The summed E-state index contributed by atoms with van der Waals surface area (Å²) in [6.07, 6.45) is 1.28. The Morgan fingerprint density at radius 1 is 1.26 bits per heavy atom. The van der Waals surface area contributed by atoms with E-state index in [0.29, 0.717) is 38.3 Å². The van der Waals surface area contributed by atoms with Crippen molar-refractivity contribution >= 4 is 5.69 Å². The van der Waals surface area contributed by atoms with Gasteiger partial charge < -0.3 is 15.4 Å². The molecule has 1 atom stereocenters. The Morgan fingerprint density at radius 2 is 1.84 bits per heavy atom. The molecule has 1 aliphatic heterocycles. The molecule has 0 amide bonds. The van der Waals surface area contributed by atoms with Crippen LogP contribution in [0.5, 0.6) is 0 Å². The van der Waals surface area contributed by atoms with Crippen LogP contribution in [-0.4, -0.2) is 32.3 Å². The van der Waals surface area contributed by atoms with E-state index in [4.69, 9.17) is 10.5 Å². The van der Waals surface area contributed by atoms with E-state index in [1.54, 1.807) is 4.90 Å². The van der Waals surface area contributed by atoms with E-state index in [2.05, 4.69) is 0 Å². The molecule has 2 N–H and O–H groups in total. The second-order valence-electron chi connectivity index (χ2n) is 4.88. The zero-order valence-corrected chi connectivity index (χ0v) is 11.2. The Labute approximate surface area is 112 Å². The minimum Gasteiger partial charge on any atom is -0.378 e. The maximum atomic E-state index is 14.1. The highest BCUT2D eigenvalue weighted by atomic mass is 19.1. The molecule has 2 rings (SSSR count). The molecule has 19 heavy (non-hydrogen) atoms. The summed E-state index contributed by atoms with van der Waals surface area (Å²) < 4.78 is 33.4.